The first kappa shape index (κ1) is 20.6. The van der Waals surface area contributed by atoms with Gasteiger partial charge in [-0.15, -0.1) is 0 Å². The molecule has 7 heteroatoms. The zero-order valence-corrected chi connectivity index (χ0v) is 17.8. The van der Waals surface area contributed by atoms with Crippen molar-refractivity contribution in [1.82, 2.24) is 4.98 Å². The van der Waals surface area contributed by atoms with Crippen molar-refractivity contribution in [2.24, 2.45) is 0 Å². The Kier molecular flexibility index (Phi) is 5.44. The van der Waals surface area contributed by atoms with Crippen LogP contribution >= 0.6 is 0 Å². The molecule has 0 radical (unpaired) electrons. The highest BCUT2D eigenvalue weighted by atomic mass is 32.2. The number of hydrogen-bond donors (Lipinski definition) is 1. The van der Waals surface area contributed by atoms with Crippen LogP contribution in [0, 0.1) is 6.92 Å². The molecule has 156 valence electrons. The van der Waals surface area contributed by atoms with Crippen LogP contribution < -0.4 is 5.32 Å². The first-order valence-electron chi connectivity index (χ1n) is 9.54. The minimum Gasteiger partial charge on any atom is -0.445 e. The number of anilines is 1. The minimum atomic E-state index is -3.42. The lowest BCUT2D eigenvalue weighted by Gasteiger charge is -2.13. The molecule has 31 heavy (non-hydrogen) atoms. The molecule has 1 N–H and O–H groups in total. The van der Waals surface area contributed by atoms with Crippen LogP contribution in [0.25, 0.3) is 22.6 Å². The highest BCUT2D eigenvalue weighted by molar-refractivity contribution is 7.90. The summed E-state index contributed by atoms with van der Waals surface area (Å²) in [6.07, 6.45) is 4.19. The third-order valence-corrected chi connectivity index (χ3v) is 5.90. The zero-order valence-electron chi connectivity index (χ0n) is 17.0. The highest BCUT2D eigenvalue weighted by Crippen LogP contribution is 2.29. The van der Waals surface area contributed by atoms with Crippen LogP contribution in [-0.4, -0.2) is 25.6 Å². The van der Waals surface area contributed by atoms with Crippen molar-refractivity contribution in [2.45, 2.75) is 11.8 Å². The van der Waals surface area contributed by atoms with E-state index in [1.165, 1.54) is 12.3 Å². The monoisotopic (exact) mass is 432 g/mol. The Balaban J connectivity index is 1.73. The number of aromatic nitrogens is 1. The summed E-state index contributed by atoms with van der Waals surface area (Å²) in [5.74, 6) is 0.107. The van der Waals surface area contributed by atoms with Gasteiger partial charge in [0.15, 0.2) is 9.84 Å². The highest BCUT2D eigenvalue weighted by Gasteiger charge is 2.18. The van der Waals surface area contributed by atoms with Gasteiger partial charge in [0.2, 0.25) is 5.89 Å². The standard InChI is InChI=1S/C24H20N2O4S/c1-16-5-3-6-17(13-16)22-15-20(31(2,28)29)9-10-21(22)23(27)26-19-8-4-7-18(14-19)24-25-11-12-30-24/h3-15H,1-2H3,(H,26,27). The minimum absolute atomic E-state index is 0.159. The molecule has 0 bridgehead atoms. The first-order chi connectivity index (χ1) is 14.8. The SMILES string of the molecule is Cc1cccc(-c2cc(S(C)(=O)=O)ccc2C(=O)Nc2cccc(-c3ncco3)c2)c1. The van der Waals surface area contributed by atoms with E-state index in [9.17, 15) is 13.2 Å². The first-order valence-corrected chi connectivity index (χ1v) is 11.4. The Hall–Kier alpha value is -3.71. The van der Waals surface area contributed by atoms with Crippen molar-refractivity contribution < 1.29 is 17.6 Å². The van der Waals surface area contributed by atoms with E-state index in [0.717, 1.165) is 22.9 Å². The summed E-state index contributed by atoms with van der Waals surface area (Å²) in [6.45, 7) is 1.94. The molecule has 0 aliphatic carbocycles. The number of rotatable bonds is 5. The molecule has 0 atom stereocenters. The van der Waals surface area contributed by atoms with Gasteiger partial charge in [0, 0.05) is 23.1 Å². The van der Waals surface area contributed by atoms with Gasteiger partial charge >= 0.3 is 0 Å². The van der Waals surface area contributed by atoms with Crippen LogP contribution in [0.4, 0.5) is 5.69 Å². The molecule has 0 aliphatic rings. The smallest absolute Gasteiger partial charge is 0.256 e. The number of hydrogen-bond acceptors (Lipinski definition) is 5. The number of benzene rings is 3. The largest absolute Gasteiger partial charge is 0.445 e. The summed E-state index contributed by atoms with van der Waals surface area (Å²) >= 11 is 0. The number of nitrogens with zero attached hydrogens (tertiary/aromatic N) is 1. The van der Waals surface area contributed by atoms with Gasteiger partial charge in [0.1, 0.15) is 6.26 Å². The fourth-order valence-corrected chi connectivity index (χ4v) is 3.95. The Morgan fingerprint density at radius 1 is 0.968 bits per heavy atom. The molecule has 0 saturated carbocycles. The van der Waals surface area contributed by atoms with Gasteiger partial charge < -0.3 is 9.73 Å². The Labute approximate surface area is 180 Å². The van der Waals surface area contributed by atoms with Crippen LogP contribution in [0.2, 0.25) is 0 Å². The number of carbonyl (C=O) groups is 1. The van der Waals surface area contributed by atoms with Gasteiger partial charge in [-0.2, -0.15) is 0 Å². The van der Waals surface area contributed by atoms with E-state index in [1.807, 2.05) is 37.3 Å². The fraction of sp³-hybridized carbons (Fsp3) is 0.0833. The van der Waals surface area contributed by atoms with Crippen LogP contribution in [0.5, 0.6) is 0 Å². The van der Waals surface area contributed by atoms with Crippen molar-refractivity contribution in [3.05, 3.63) is 90.3 Å². The van der Waals surface area contributed by atoms with Gasteiger partial charge in [0.05, 0.1) is 11.1 Å². The molecular weight excluding hydrogens is 412 g/mol. The maximum atomic E-state index is 13.2. The lowest BCUT2D eigenvalue weighted by Crippen LogP contribution is -2.14. The number of nitrogens with one attached hydrogen (secondary N) is 1. The molecule has 1 amide bonds. The van der Waals surface area contributed by atoms with Gasteiger partial charge in [-0.05, 0) is 54.4 Å². The Morgan fingerprint density at radius 3 is 2.45 bits per heavy atom. The Morgan fingerprint density at radius 2 is 1.74 bits per heavy atom. The maximum Gasteiger partial charge on any atom is 0.256 e. The van der Waals surface area contributed by atoms with Gasteiger partial charge in [-0.3, -0.25) is 4.79 Å². The van der Waals surface area contributed by atoms with Gasteiger partial charge in [0.25, 0.3) is 5.91 Å². The summed E-state index contributed by atoms with van der Waals surface area (Å²) in [4.78, 5) is 17.4. The molecule has 4 aromatic rings. The number of sulfone groups is 1. The van der Waals surface area contributed by atoms with Crippen molar-refractivity contribution >= 4 is 21.4 Å². The van der Waals surface area contributed by atoms with E-state index < -0.39 is 9.84 Å². The van der Waals surface area contributed by atoms with E-state index in [0.29, 0.717) is 22.7 Å². The second kappa shape index (κ2) is 8.20. The average Bonchev–Trinajstić information content (AvgIpc) is 3.28. The average molecular weight is 433 g/mol. The predicted molar refractivity (Wildman–Crippen MR) is 120 cm³/mol. The molecule has 0 unspecified atom stereocenters. The third kappa shape index (κ3) is 4.57. The second-order valence-corrected chi connectivity index (χ2v) is 9.24. The van der Waals surface area contributed by atoms with Gasteiger partial charge in [-0.25, -0.2) is 13.4 Å². The molecule has 1 aromatic heterocycles. The molecule has 1 heterocycles. The summed E-state index contributed by atoms with van der Waals surface area (Å²) < 4.78 is 29.5. The molecule has 0 spiro atoms. The summed E-state index contributed by atoms with van der Waals surface area (Å²) in [5, 5.41) is 2.89. The van der Waals surface area contributed by atoms with Crippen LogP contribution in [0.3, 0.4) is 0 Å². The van der Waals surface area contributed by atoms with Crippen molar-refractivity contribution in [2.75, 3.05) is 11.6 Å². The summed E-state index contributed by atoms with van der Waals surface area (Å²) in [5.41, 5.74) is 4.00. The summed E-state index contributed by atoms with van der Waals surface area (Å²) in [7, 11) is -3.42. The normalized spacial score (nSPS) is 11.3. The predicted octanol–water partition coefficient (Wildman–Crippen LogP) is 4.97. The number of aryl methyl sites for hydroxylation is 1. The van der Waals surface area contributed by atoms with Crippen LogP contribution in [-0.2, 0) is 9.84 Å². The third-order valence-electron chi connectivity index (χ3n) is 4.79. The number of carbonyl (C=O) groups excluding carboxylic acids is 1. The molecule has 6 nitrogen and oxygen atoms in total. The second-order valence-electron chi connectivity index (χ2n) is 7.22. The summed E-state index contributed by atoms with van der Waals surface area (Å²) in [6, 6.07) is 19.3. The van der Waals surface area contributed by atoms with Crippen LogP contribution in [0.1, 0.15) is 15.9 Å². The maximum absolute atomic E-state index is 13.2. The lowest BCUT2D eigenvalue weighted by atomic mass is 9.97. The fourth-order valence-electron chi connectivity index (χ4n) is 3.30. The van der Waals surface area contributed by atoms with E-state index >= 15 is 0 Å². The van der Waals surface area contributed by atoms with Gasteiger partial charge in [-0.1, -0.05) is 35.9 Å². The van der Waals surface area contributed by atoms with E-state index in [4.69, 9.17) is 4.42 Å². The van der Waals surface area contributed by atoms with Crippen molar-refractivity contribution in [3.8, 4) is 22.6 Å². The topological polar surface area (TPSA) is 89.3 Å². The number of amides is 1. The molecule has 0 fully saturated rings. The van der Waals surface area contributed by atoms with E-state index in [1.54, 1.807) is 36.5 Å². The van der Waals surface area contributed by atoms with Crippen molar-refractivity contribution in [1.29, 1.82) is 0 Å². The van der Waals surface area contributed by atoms with E-state index in [2.05, 4.69) is 10.3 Å². The van der Waals surface area contributed by atoms with Crippen LogP contribution in [0.15, 0.2) is 88.5 Å². The molecular formula is C24H20N2O4S. The quantitative estimate of drug-likeness (QED) is 0.481. The number of oxazole rings is 1. The van der Waals surface area contributed by atoms with E-state index in [-0.39, 0.29) is 10.8 Å². The Bertz CT molecular complexity index is 1360. The lowest BCUT2D eigenvalue weighted by molar-refractivity contribution is 0.102. The molecule has 3 aromatic carbocycles. The molecule has 0 aliphatic heterocycles. The zero-order chi connectivity index (χ0) is 22.0. The molecule has 0 saturated heterocycles. The molecule has 4 rings (SSSR count). The van der Waals surface area contributed by atoms with Crippen molar-refractivity contribution in [3.63, 3.8) is 0 Å².